The number of rotatable bonds is 20. The molecule has 0 heterocycles. The Kier molecular flexibility index (Phi) is 20.8. The van der Waals surface area contributed by atoms with E-state index >= 15 is 0 Å². The number of aliphatic hydroxyl groups is 1. The molecule has 0 aliphatic carbocycles. The zero-order chi connectivity index (χ0) is 17.7. The lowest BCUT2D eigenvalue weighted by Crippen LogP contribution is -2.22. The summed E-state index contributed by atoms with van der Waals surface area (Å²) in [6.45, 7) is 3.61. The molecule has 0 aromatic heterocycles. The van der Waals surface area contributed by atoms with E-state index in [9.17, 15) is 0 Å². The summed E-state index contributed by atoms with van der Waals surface area (Å²) in [4.78, 5) is 0. The summed E-state index contributed by atoms with van der Waals surface area (Å²) in [7, 11) is 1.61. The predicted molar refractivity (Wildman–Crippen MR) is 104 cm³/mol. The van der Waals surface area contributed by atoms with Gasteiger partial charge in [-0.1, -0.05) is 96.8 Å². The zero-order valence-electron chi connectivity index (χ0n) is 16.6. The van der Waals surface area contributed by atoms with Crippen LogP contribution in [0.3, 0.4) is 0 Å². The molecule has 0 saturated carbocycles. The molecule has 0 bridgehead atoms. The lowest BCUT2D eigenvalue weighted by molar-refractivity contribution is -0.0205. The Morgan fingerprint density at radius 2 is 1.08 bits per heavy atom. The topological polar surface area (TPSA) is 38.7 Å². The van der Waals surface area contributed by atoms with Crippen LogP contribution in [0.5, 0.6) is 0 Å². The van der Waals surface area contributed by atoms with Gasteiger partial charge < -0.3 is 14.6 Å². The Morgan fingerprint density at radius 1 is 0.667 bits per heavy atom. The van der Waals surface area contributed by atoms with Crippen LogP contribution in [0.15, 0.2) is 0 Å². The predicted octanol–water partition coefficient (Wildman–Crippen LogP) is 5.88. The molecule has 0 amide bonds. The summed E-state index contributed by atoms with van der Waals surface area (Å²) in [5, 5.41) is 8.96. The molecule has 1 N–H and O–H groups in total. The van der Waals surface area contributed by atoms with Crippen LogP contribution in [0.25, 0.3) is 0 Å². The van der Waals surface area contributed by atoms with Crippen molar-refractivity contribution in [3.8, 4) is 0 Å². The molecule has 1 atom stereocenters. The Balaban J connectivity index is 3.03. The second-order valence-corrected chi connectivity index (χ2v) is 7.06. The van der Waals surface area contributed by atoms with Crippen molar-refractivity contribution in [1.29, 1.82) is 0 Å². The quantitative estimate of drug-likeness (QED) is 0.280. The van der Waals surface area contributed by atoms with Gasteiger partial charge >= 0.3 is 0 Å². The lowest BCUT2D eigenvalue weighted by Gasteiger charge is -2.12. The van der Waals surface area contributed by atoms with Crippen LogP contribution in [0.1, 0.15) is 103 Å². The Morgan fingerprint density at radius 3 is 1.46 bits per heavy atom. The number of methoxy groups -OCH3 is 1. The normalized spacial score (nSPS) is 12.6. The van der Waals surface area contributed by atoms with Gasteiger partial charge in [-0.15, -0.1) is 0 Å². The molecule has 0 aliphatic rings. The number of ether oxygens (including phenoxy) is 2. The number of aliphatic hydroxyl groups excluding tert-OH is 1. The molecule has 0 rings (SSSR count). The standard InChI is InChI=1S/C21H44O3/c1-3-4-5-6-7-8-9-10-11-12-13-14-15-16-17-18-24-20-21(19-22)23-2/h21-22H,3-20H2,1-2H3/t21-/m0/s1. The molecular weight excluding hydrogens is 300 g/mol. The smallest absolute Gasteiger partial charge is 0.103 e. The maximum atomic E-state index is 8.96. The highest BCUT2D eigenvalue weighted by atomic mass is 16.5. The maximum absolute atomic E-state index is 8.96. The highest BCUT2D eigenvalue weighted by Gasteiger charge is 2.04. The van der Waals surface area contributed by atoms with Crippen LogP contribution in [0.2, 0.25) is 0 Å². The average molecular weight is 345 g/mol. The van der Waals surface area contributed by atoms with Crippen LogP contribution in [-0.4, -0.2) is 38.1 Å². The fourth-order valence-corrected chi connectivity index (χ4v) is 2.99. The van der Waals surface area contributed by atoms with Crippen molar-refractivity contribution >= 4 is 0 Å². The highest BCUT2D eigenvalue weighted by Crippen LogP contribution is 2.13. The summed E-state index contributed by atoms with van der Waals surface area (Å²) < 4.78 is 10.6. The molecule has 0 unspecified atom stereocenters. The average Bonchev–Trinajstić information content (AvgIpc) is 2.61. The highest BCUT2D eigenvalue weighted by molar-refractivity contribution is 4.52. The minimum atomic E-state index is -0.165. The Labute approximate surface area is 151 Å². The van der Waals surface area contributed by atoms with E-state index in [-0.39, 0.29) is 12.7 Å². The van der Waals surface area contributed by atoms with Gasteiger partial charge in [0.05, 0.1) is 13.2 Å². The molecule has 3 heteroatoms. The maximum Gasteiger partial charge on any atom is 0.103 e. The van der Waals surface area contributed by atoms with Crippen molar-refractivity contribution < 1.29 is 14.6 Å². The number of hydrogen-bond acceptors (Lipinski definition) is 3. The van der Waals surface area contributed by atoms with E-state index in [1.807, 2.05) is 0 Å². The van der Waals surface area contributed by atoms with Crippen molar-refractivity contribution in [2.24, 2.45) is 0 Å². The fourth-order valence-electron chi connectivity index (χ4n) is 2.99. The molecular formula is C21H44O3. The van der Waals surface area contributed by atoms with Crippen molar-refractivity contribution in [3.05, 3.63) is 0 Å². The molecule has 146 valence electrons. The Bertz CT molecular complexity index is 217. The summed E-state index contributed by atoms with van der Waals surface area (Å²) in [6.07, 6.45) is 20.6. The third-order valence-corrected chi connectivity index (χ3v) is 4.73. The lowest BCUT2D eigenvalue weighted by atomic mass is 10.0. The van der Waals surface area contributed by atoms with Crippen LogP contribution in [0.4, 0.5) is 0 Å². The second kappa shape index (κ2) is 20.9. The van der Waals surface area contributed by atoms with Gasteiger partial charge in [0.15, 0.2) is 0 Å². The monoisotopic (exact) mass is 344 g/mol. The number of unbranched alkanes of at least 4 members (excludes halogenated alkanes) is 14. The van der Waals surface area contributed by atoms with E-state index in [0.717, 1.165) is 13.0 Å². The molecule has 0 spiro atoms. The minimum Gasteiger partial charge on any atom is -0.394 e. The molecule has 0 fully saturated rings. The van der Waals surface area contributed by atoms with Gasteiger partial charge in [0.25, 0.3) is 0 Å². The third kappa shape index (κ3) is 18.2. The van der Waals surface area contributed by atoms with Crippen LogP contribution >= 0.6 is 0 Å². The van der Waals surface area contributed by atoms with Crippen LogP contribution in [0, 0.1) is 0 Å². The molecule has 0 radical (unpaired) electrons. The first kappa shape index (κ1) is 23.9. The second-order valence-electron chi connectivity index (χ2n) is 7.06. The number of hydrogen-bond donors (Lipinski definition) is 1. The van der Waals surface area contributed by atoms with Crippen molar-refractivity contribution in [3.63, 3.8) is 0 Å². The zero-order valence-corrected chi connectivity index (χ0v) is 16.6. The minimum absolute atomic E-state index is 0.0371. The van der Waals surface area contributed by atoms with Crippen LogP contribution in [-0.2, 0) is 9.47 Å². The van der Waals surface area contributed by atoms with Gasteiger partial charge in [0.2, 0.25) is 0 Å². The summed E-state index contributed by atoms with van der Waals surface area (Å²) in [5.74, 6) is 0. The van der Waals surface area contributed by atoms with Gasteiger partial charge in [-0.3, -0.25) is 0 Å². The van der Waals surface area contributed by atoms with E-state index in [1.165, 1.54) is 89.9 Å². The largest absolute Gasteiger partial charge is 0.394 e. The van der Waals surface area contributed by atoms with Gasteiger partial charge in [0, 0.05) is 13.7 Å². The van der Waals surface area contributed by atoms with Gasteiger partial charge in [-0.2, -0.15) is 0 Å². The van der Waals surface area contributed by atoms with Crippen molar-refractivity contribution in [2.75, 3.05) is 26.9 Å². The van der Waals surface area contributed by atoms with Gasteiger partial charge in [0.1, 0.15) is 6.10 Å². The fraction of sp³-hybridized carbons (Fsp3) is 1.00. The van der Waals surface area contributed by atoms with E-state index in [2.05, 4.69) is 6.92 Å². The molecule has 0 aromatic rings. The molecule has 3 nitrogen and oxygen atoms in total. The Hall–Kier alpha value is -0.120. The van der Waals surface area contributed by atoms with Crippen molar-refractivity contribution in [1.82, 2.24) is 0 Å². The first-order valence-electron chi connectivity index (χ1n) is 10.6. The van der Waals surface area contributed by atoms with Gasteiger partial charge in [-0.25, -0.2) is 0 Å². The summed E-state index contributed by atoms with van der Waals surface area (Å²) in [6, 6.07) is 0. The SMILES string of the molecule is CCCCCCCCCCCCCCCCCOC[C@H](CO)OC. The molecule has 0 saturated heterocycles. The molecule has 0 aromatic carbocycles. The van der Waals surface area contributed by atoms with Crippen molar-refractivity contribution in [2.45, 2.75) is 109 Å². The van der Waals surface area contributed by atoms with E-state index in [1.54, 1.807) is 7.11 Å². The van der Waals surface area contributed by atoms with E-state index in [4.69, 9.17) is 14.6 Å². The first-order chi connectivity index (χ1) is 11.8. The summed E-state index contributed by atoms with van der Waals surface area (Å²) in [5.41, 5.74) is 0. The molecule has 24 heavy (non-hydrogen) atoms. The third-order valence-electron chi connectivity index (χ3n) is 4.73. The first-order valence-corrected chi connectivity index (χ1v) is 10.6. The van der Waals surface area contributed by atoms with E-state index < -0.39 is 0 Å². The van der Waals surface area contributed by atoms with Gasteiger partial charge in [-0.05, 0) is 6.42 Å². The van der Waals surface area contributed by atoms with Crippen LogP contribution < -0.4 is 0 Å². The summed E-state index contributed by atoms with van der Waals surface area (Å²) >= 11 is 0. The van der Waals surface area contributed by atoms with E-state index in [0.29, 0.717) is 6.61 Å². The molecule has 0 aliphatic heterocycles.